The van der Waals surface area contributed by atoms with Crippen molar-refractivity contribution in [2.75, 3.05) is 34.5 Å². The minimum atomic E-state index is -0.692. The van der Waals surface area contributed by atoms with Gasteiger partial charge < -0.3 is 24.8 Å². The lowest BCUT2D eigenvalue weighted by atomic mass is 9.87. The van der Waals surface area contributed by atoms with Crippen LogP contribution in [0.15, 0.2) is 42.5 Å². The van der Waals surface area contributed by atoms with E-state index in [1.807, 2.05) is 47.4 Å². The number of benzene rings is 2. The van der Waals surface area contributed by atoms with Crippen molar-refractivity contribution >= 4 is 18.3 Å². The molecule has 3 rings (SSSR count). The van der Waals surface area contributed by atoms with Crippen LogP contribution in [-0.2, 0) is 16.0 Å². The van der Waals surface area contributed by atoms with Gasteiger partial charge in [-0.05, 0) is 35.2 Å². The molecule has 1 heterocycles. The molecule has 0 saturated heterocycles. The van der Waals surface area contributed by atoms with Crippen LogP contribution in [0.5, 0.6) is 11.5 Å². The molecule has 152 valence electrons. The summed E-state index contributed by atoms with van der Waals surface area (Å²) in [4.78, 5) is 14.9. The molecule has 0 aromatic heterocycles. The highest BCUT2D eigenvalue weighted by Crippen LogP contribution is 2.41. The first-order valence-corrected chi connectivity index (χ1v) is 8.95. The largest absolute Gasteiger partial charge is 0.493 e. The zero-order valence-electron chi connectivity index (χ0n) is 16.4. The Bertz CT molecular complexity index is 800. The first-order valence-electron chi connectivity index (χ1n) is 8.95. The molecule has 6 nitrogen and oxygen atoms in total. The number of halogens is 1. The van der Waals surface area contributed by atoms with E-state index in [2.05, 4.69) is 0 Å². The number of hydrogen-bond donors (Lipinski definition) is 1. The highest BCUT2D eigenvalue weighted by molar-refractivity contribution is 5.85. The van der Waals surface area contributed by atoms with Crippen LogP contribution in [-0.4, -0.2) is 51.3 Å². The van der Waals surface area contributed by atoms with E-state index < -0.39 is 6.04 Å². The molecular formula is C21H27ClN2O4. The first-order chi connectivity index (χ1) is 13.1. The normalized spacial score (nSPS) is 16.6. The number of ether oxygens (including phenoxy) is 3. The first kappa shape index (κ1) is 22.0. The topological polar surface area (TPSA) is 74.0 Å². The third-order valence-corrected chi connectivity index (χ3v) is 4.94. The Morgan fingerprint density at radius 2 is 1.79 bits per heavy atom. The van der Waals surface area contributed by atoms with Crippen LogP contribution in [0.1, 0.15) is 22.7 Å². The average molecular weight is 407 g/mol. The minimum absolute atomic E-state index is 0. The molecule has 2 aromatic carbocycles. The standard InChI is InChI=1S/C21H26N2O4.ClH/c1-25-13-17(22)21(24)23-10-9-15-11-18(26-2)19(27-3)12-16(15)20(23)14-7-5-4-6-8-14;/h4-8,11-12,17,20H,9-10,13,22H2,1-3H3;1H. The van der Waals surface area contributed by atoms with Crippen LogP contribution in [0, 0.1) is 0 Å². The summed E-state index contributed by atoms with van der Waals surface area (Å²) in [6, 6.07) is 13.0. The molecular weight excluding hydrogens is 380 g/mol. The van der Waals surface area contributed by atoms with E-state index in [1.165, 1.54) is 0 Å². The average Bonchev–Trinajstić information content (AvgIpc) is 2.72. The van der Waals surface area contributed by atoms with E-state index in [1.54, 1.807) is 21.3 Å². The Balaban J connectivity index is 0.00000280. The molecule has 2 unspecified atom stereocenters. The molecule has 7 heteroatoms. The molecule has 0 bridgehead atoms. The fourth-order valence-corrected chi connectivity index (χ4v) is 3.64. The summed E-state index contributed by atoms with van der Waals surface area (Å²) in [7, 11) is 4.79. The van der Waals surface area contributed by atoms with Crippen LogP contribution in [0.4, 0.5) is 0 Å². The van der Waals surface area contributed by atoms with Gasteiger partial charge in [-0.2, -0.15) is 0 Å². The summed E-state index contributed by atoms with van der Waals surface area (Å²) >= 11 is 0. The molecule has 2 atom stereocenters. The fraction of sp³-hybridized carbons (Fsp3) is 0.381. The van der Waals surface area contributed by atoms with E-state index in [4.69, 9.17) is 19.9 Å². The third kappa shape index (κ3) is 4.24. The van der Waals surface area contributed by atoms with Gasteiger partial charge in [0, 0.05) is 13.7 Å². The Morgan fingerprint density at radius 3 is 2.39 bits per heavy atom. The molecule has 0 aliphatic carbocycles. The van der Waals surface area contributed by atoms with Crippen molar-refractivity contribution in [3.05, 3.63) is 59.2 Å². The van der Waals surface area contributed by atoms with Gasteiger partial charge in [0.1, 0.15) is 6.04 Å². The van der Waals surface area contributed by atoms with Gasteiger partial charge in [0.15, 0.2) is 11.5 Å². The maximum Gasteiger partial charge on any atom is 0.242 e. The van der Waals surface area contributed by atoms with Crippen molar-refractivity contribution in [2.24, 2.45) is 5.73 Å². The van der Waals surface area contributed by atoms with E-state index >= 15 is 0 Å². The highest BCUT2D eigenvalue weighted by atomic mass is 35.5. The molecule has 0 fully saturated rings. The summed E-state index contributed by atoms with van der Waals surface area (Å²) in [6.07, 6.45) is 0.727. The summed E-state index contributed by atoms with van der Waals surface area (Å²) < 4.78 is 16.0. The number of carbonyl (C=O) groups excluding carboxylic acids is 1. The summed E-state index contributed by atoms with van der Waals surface area (Å²) in [5, 5.41) is 0. The van der Waals surface area contributed by atoms with Gasteiger partial charge in [0.05, 0.1) is 26.9 Å². The Morgan fingerprint density at radius 1 is 1.14 bits per heavy atom. The lowest BCUT2D eigenvalue weighted by Crippen LogP contribution is -2.50. The van der Waals surface area contributed by atoms with E-state index in [-0.39, 0.29) is 31.0 Å². The second-order valence-electron chi connectivity index (χ2n) is 6.56. The van der Waals surface area contributed by atoms with Crippen LogP contribution >= 0.6 is 12.4 Å². The van der Waals surface area contributed by atoms with Gasteiger partial charge in [-0.3, -0.25) is 4.79 Å². The monoisotopic (exact) mass is 406 g/mol. The molecule has 2 aromatic rings. The third-order valence-electron chi connectivity index (χ3n) is 4.94. The molecule has 0 radical (unpaired) electrons. The zero-order valence-corrected chi connectivity index (χ0v) is 17.2. The second-order valence-corrected chi connectivity index (χ2v) is 6.56. The van der Waals surface area contributed by atoms with Crippen molar-refractivity contribution in [1.29, 1.82) is 0 Å². The lowest BCUT2D eigenvalue weighted by Gasteiger charge is -2.39. The van der Waals surface area contributed by atoms with Gasteiger partial charge >= 0.3 is 0 Å². The van der Waals surface area contributed by atoms with Crippen LogP contribution in [0.25, 0.3) is 0 Å². The SMILES string of the molecule is COCC(N)C(=O)N1CCc2cc(OC)c(OC)cc2C1c1ccccc1.Cl. The van der Waals surface area contributed by atoms with Gasteiger partial charge in [0.25, 0.3) is 0 Å². The molecule has 0 spiro atoms. The number of nitrogens with two attached hydrogens (primary N) is 1. The number of nitrogens with zero attached hydrogens (tertiary/aromatic N) is 1. The number of rotatable bonds is 6. The Labute approximate surface area is 172 Å². The van der Waals surface area contributed by atoms with E-state index in [0.717, 1.165) is 23.1 Å². The zero-order chi connectivity index (χ0) is 19.4. The summed E-state index contributed by atoms with van der Waals surface area (Å²) in [5.74, 6) is 1.22. The second kappa shape index (κ2) is 9.78. The van der Waals surface area contributed by atoms with Gasteiger partial charge in [0.2, 0.25) is 5.91 Å². The summed E-state index contributed by atoms with van der Waals surface area (Å²) in [5.41, 5.74) is 9.27. The number of carbonyl (C=O) groups is 1. The van der Waals surface area contributed by atoms with Crippen LogP contribution in [0.2, 0.25) is 0 Å². The maximum atomic E-state index is 13.0. The van der Waals surface area contributed by atoms with Crippen molar-refractivity contribution in [3.8, 4) is 11.5 Å². The highest BCUT2D eigenvalue weighted by Gasteiger charge is 2.35. The van der Waals surface area contributed by atoms with Crippen molar-refractivity contribution in [3.63, 3.8) is 0 Å². The van der Waals surface area contributed by atoms with Gasteiger partial charge in [-0.1, -0.05) is 30.3 Å². The van der Waals surface area contributed by atoms with Crippen LogP contribution in [0.3, 0.4) is 0 Å². The molecule has 1 aliphatic rings. The fourth-order valence-electron chi connectivity index (χ4n) is 3.64. The minimum Gasteiger partial charge on any atom is -0.493 e. The molecule has 1 aliphatic heterocycles. The van der Waals surface area contributed by atoms with Crippen molar-refractivity contribution < 1.29 is 19.0 Å². The smallest absolute Gasteiger partial charge is 0.242 e. The predicted molar refractivity (Wildman–Crippen MR) is 110 cm³/mol. The Kier molecular flexibility index (Phi) is 7.69. The maximum absolute atomic E-state index is 13.0. The van der Waals surface area contributed by atoms with Crippen molar-refractivity contribution in [1.82, 2.24) is 4.90 Å². The number of amides is 1. The van der Waals surface area contributed by atoms with Gasteiger partial charge in [-0.25, -0.2) is 0 Å². The number of methoxy groups -OCH3 is 3. The number of hydrogen-bond acceptors (Lipinski definition) is 5. The lowest BCUT2D eigenvalue weighted by molar-refractivity contribution is -0.135. The quantitative estimate of drug-likeness (QED) is 0.798. The van der Waals surface area contributed by atoms with E-state index in [9.17, 15) is 4.79 Å². The Hall–Kier alpha value is -2.28. The molecule has 2 N–H and O–H groups in total. The summed E-state index contributed by atoms with van der Waals surface area (Å²) in [6.45, 7) is 0.772. The van der Waals surface area contributed by atoms with Crippen LogP contribution < -0.4 is 15.2 Å². The number of fused-ring (bicyclic) bond motifs is 1. The van der Waals surface area contributed by atoms with Gasteiger partial charge in [-0.15, -0.1) is 12.4 Å². The van der Waals surface area contributed by atoms with Crippen molar-refractivity contribution in [2.45, 2.75) is 18.5 Å². The molecule has 0 saturated carbocycles. The molecule has 28 heavy (non-hydrogen) atoms. The molecule has 1 amide bonds. The predicted octanol–water partition coefficient (Wildman–Crippen LogP) is 2.57. The van der Waals surface area contributed by atoms with E-state index in [0.29, 0.717) is 18.0 Å².